The summed E-state index contributed by atoms with van der Waals surface area (Å²) in [4.78, 5) is 10.2. The highest BCUT2D eigenvalue weighted by Gasteiger charge is 2.29. The van der Waals surface area contributed by atoms with Crippen LogP contribution in [0, 0.1) is 0 Å². The Hall–Kier alpha value is -0.620. The molecule has 6 heteroatoms. The van der Waals surface area contributed by atoms with Crippen LogP contribution in [0.4, 0.5) is 0 Å². The summed E-state index contributed by atoms with van der Waals surface area (Å²) in [5.41, 5.74) is 0. The second-order valence-electron chi connectivity index (χ2n) is 2.30. The molecule has 0 aromatic rings. The summed E-state index contributed by atoms with van der Waals surface area (Å²) >= 11 is 0. The quantitative estimate of drug-likeness (QED) is 0.423. The van der Waals surface area contributed by atoms with Crippen molar-refractivity contribution in [2.45, 2.75) is 12.5 Å². The molecular formula is C5H8O5S. The molecule has 0 aromatic heterocycles. The highest BCUT2D eigenvalue weighted by atomic mass is 32.2. The number of ether oxygens (including phenoxy) is 1. The van der Waals surface area contributed by atoms with Crippen molar-refractivity contribution >= 4 is 16.1 Å². The fourth-order valence-electron chi connectivity index (χ4n) is 0.655. The van der Waals surface area contributed by atoms with Gasteiger partial charge in [0.15, 0.2) is 0 Å². The van der Waals surface area contributed by atoms with Crippen LogP contribution in [0.3, 0.4) is 0 Å². The molecule has 1 fully saturated rings. The lowest BCUT2D eigenvalue weighted by Gasteiger charge is -2.24. The molecule has 1 rings (SSSR count). The molecule has 5 nitrogen and oxygen atoms in total. The average molecular weight is 180 g/mol. The largest absolute Gasteiger partial charge is 0.459 e. The Morgan fingerprint density at radius 1 is 1.73 bits per heavy atom. The number of hydrogen-bond donors (Lipinski definition) is 0. The fourth-order valence-corrected chi connectivity index (χ4v) is 1.05. The summed E-state index contributed by atoms with van der Waals surface area (Å²) in [5, 5.41) is 0. The van der Waals surface area contributed by atoms with Crippen LogP contribution in [0.25, 0.3) is 0 Å². The number of cyclic esters (lactones) is 1. The van der Waals surface area contributed by atoms with E-state index in [2.05, 4.69) is 8.92 Å². The third-order valence-electron chi connectivity index (χ3n) is 1.16. The van der Waals surface area contributed by atoms with Crippen molar-refractivity contribution in [1.29, 1.82) is 0 Å². The zero-order chi connectivity index (χ0) is 8.48. The van der Waals surface area contributed by atoms with Crippen LogP contribution in [0.15, 0.2) is 0 Å². The zero-order valence-electron chi connectivity index (χ0n) is 5.94. The van der Waals surface area contributed by atoms with Crippen molar-refractivity contribution in [2.75, 3.05) is 12.9 Å². The minimum Gasteiger partial charge on any atom is -0.459 e. The first-order chi connectivity index (χ1) is 4.97. The van der Waals surface area contributed by atoms with E-state index in [0.29, 0.717) is 0 Å². The van der Waals surface area contributed by atoms with Gasteiger partial charge in [0.1, 0.15) is 12.7 Å². The lowest BCUT2D eigenvalue weighted by Crippen LogP contribution is -2.37. The second-order valence-corrected chi connectivity index (χ2v) is 3.95. The van der Waals surface area contributed by atoms with Crippen LogP contribution >= 0.6 is 0 Å². The van der Waals surface area contributed by atoms with Gasteiger partial charge in [0.25, 0.3) is 10.1 Å². The molecule has 1 aliphatic heterocycles. The van der Waals surface area contributed by atoms with Crippen molar-refractivity contribution in [3.05, 3.63) is 0 Å². The molecule has 0 saturated carbocycles. The van der Waals surface area contributed by atoms with E-state index >= 15 is 0 Å². The van der Waals surface area contributed by atoms with Gasteiger partial charge in [-0.1, -0.05) is 0 Å². The maximum absolute atomic E-state index is 10.4. The summed E-state index contributed by atoms with van der Waals surface area (Å²) in [6, 6.07) is 0. The van der Waals surface area contributed by atoms with Gasteiger partial charge in [-0.25, -0.2) is 0 Å². The van der Waals surface area contributed by atoms with E-state index in [9.17, 15) is 13.2 Å². The molecule has 1 unspecified atom stereocenters. The Balaban J connectivity index is 2.20. The maximum atomic E-state index is 10.4. The van der Waals surface area contributed by atoms with E-state index in [-0.39, 0.29) is 25.1 Å². The van der Waals surface area contributed by atoms with Crippen LogP contribution in [0.2, 0.25) is 0 Å². The normalized spacial score (nSPS) is 24.1. The molecule has 0 amide bonds. The molecule has 1 saturated heterocycles. The third-order valence-corrected chi connectivity index (χ3v) is 1.72. The van der Waals surface area contributed by atoms with Crippen LogP contribution in [-0.2, 0) is 23.8 Å². The third kappa shape index (κ3) is 2.85. The minimum atomic E-state index is -3.40. The van der Waals surface area contributed by atoms with E-state index in [1.54, 1.807) is 0 Å². The first-order valence-electron chi connectivity index (χ1n) is 3.01. The Morgan fingerprint density at radius 2 is 2.27 bits per heavy atom. The lowest BCUT2D eigenvalue weighted by atomic mass is 10.2. The van der Waals surface area contributed by atoms with E-state index < -0.39 is 10.1 Å². The second kappa shape index (κ2) is 2.78. The number of rotatable bonds is 3. The van der Waals surface area contributed by atoms with E-state index in [1.807, 2.05) is 0 Å². The van der Waals surface area contributed by atoms with Gasteiger partial charge in [-0.15, -0.1) is 0 Å². The monoisotopic (exact) mass is 180 g/mol. The van der Waals surface area contributed by atoms with Gasteiger partial charge in [0.05, 0.1) is 12.7 Å². The van der Waals surface area contributed by atoms with Gasteiger partial charge in [-0.3, -0.25) is 8.98 Å². The van der Waals surface area contributed by atoms with Gasteiger partial charge in [0.2, 0.25) is 0 Å². The zero-order valence-corrected chi connectivity index (χ0v) is 6.76. The predicted octanol–water partition coefficient (Wildman–Crippen LogP) is -0.722. The van der Waals surface area contributed by atoms with E-state index in [1.165, 1.54) is 0 Å². The number of esters is 1. The molecule has 1 aliphatic rings. The molecule has 0 aliphatic carbocycles. The lowest BCUT2D eigenvalue weighted by molar-refractivity contribution is -0.171. The first kappa shape index (κ1) is 8.48. The van der Waals surface area contributed by atoms with E-state index in [0.717, 1.165) is 6.26 Å². The topological polar surface area (TPSA) is 69.7 Å². The smallest absolute Gasteiger partial charge is 0.310 e. The minimum absolute atomic E-state index is 0.0649. The molecule has 0 N–H and O–H groups in total. The summed E-state index contributed by atoms with van der Waals surface area (Å²) in [5.74, 6) is -0.313. The summed E-state index contributed by atoms with van der Waals surface area (Å²) in [6.07, 6.45) is 0.820. The van der Waals surface area contributed by atoms with Gasteiger partial charge in [0, 0.05) is 0 Å². The van der Waals surface area contributed by atoms with Crippen molar-refractivity contribution < 1.29 is 22.1 Å². The maximum Gasteiger partial charge on any atom is 0.310 e. The summed E-state index contributed by atoms with van der Waals surface area (Å²) in [6.45, 7) is -0.0649. The van der Waals surface area contributed by atoms with E-state index in [4.69, 9.17) is 0 Å². The Labute approximate surface area is 64.4 Å². The molecule has 1 atom stereocenters. The molecule has 11 heavy (non-hydrogen) atoms. The van der Waals surface area contributed by atoms with Gasteiger partial charge in [-0.2, -0.15) is 8.42 Å². The number of carbonyl (C=O) groups excluding carboxylic acids is 1. The Morgan fingerprint density at radius 3 is 2.64 bits per heavy atom. The molecule has 0 aromatic carbocycles. The molecule has 0 radical (unpaired) electrons. The Kier molecular flexibility index (Phi) is 2.15. The van der Waals surface area contributed by atoms with Gasteiger partial charge in [-0.05, 0) is 0 Å². The molecule has 0 bridgehead atoms. The van der Waals surface area contributed by atoms with Gasteiger partial charge >= 0.3 is 5.97 Å². The summed E-state index contributed by atoms with van der Waals surface area (Å²) in [7, 11) is -3.40. The predicted molar refractivity (Wildman–Crippen MR) is 35.3 cm³/mol. The molecule has 0 spiro atoms. The molecule has 1 heterocycles. The molecular weight excluding hydrogens is 172 g/mol. The van der Waals surface area contributed by atoms with Crippen LogP contribution in [-0.4, -0.2) is 33.4 Å². The van der Waals surface area contributed by atoms with Crippen molar-refractivity contribution in [3.63, 3.8) is 0 Å². The van der Waals surface area contributed by atoms with Crippen LogP contribution in [0.5, 0.6) is 0 Å². The summed E-state index contributed by atoms with van der Waals surface area (Å²) < 4.78 is 29.7. The highest BCUT2D eigenvalue weighted by Crippen LogP contribution is 2.13. The fraction of sp³-hybridized carbons (Fsp3) is 0.800. The highest BCUT2D eigenvalue weighted by molar-refractivity contribution is 7.85. The SMILES string of the molecule is CS(=O)(=O)OCC1CC(=O)O1. The number of carbonyl (C=O) groups is 1. The average Bonchev–Trinajstić information content (AvgIpc) is 1.75. The Bertz CT molecular complexity index is 246. The van der Waals surface area contributed by atoms with Crippen molar-refractivity contribution in [2.24, 2.45) is 0 Å². The van der Waals surface area contributed by atoms with Crippen molar-refractivity contribution in [1.82, 2.24) is 0 Å². The number of hydrogen-bond acceptors (Lipinski definition) is 5. The molecule has 64 valence electrons. The standard InChI is InChI=1S/C5H8O5S/c1-11(7,8)9-3-4-2-5(6)10-4/h4H,2-3H2,1H3. The van der Waals surface area contributed by atoms with Crippen LogP contribution in [0.1, 0.15) is 6.42 Å². The first-order valence-corrected chi connectivity index (χ1v) is 4.83. The van der Waals surface area contributed by atoms with Crippen molar-refractivity contribution in [3.8, 4) is 0 Å². The van der Waals surface area contributed by atoms with Gasteiger partial charge < -0.3 is 4.74 Å². The van der Waals surface area contributed by atoms with Crippen LogP contribution < -0.4 is 0 Å².